The molecule has 0 saturated heterocycles. The van der Waals surface area contributed by atoms with Crippen molar-refractivity contribution in [2.24, 2.45) is 0 Å². The van der Waals surface area contributed by atoms with Crippen molar-refractivity contribution in [2.75, 3.05) is 4.90 Å². The number of para-hydroxylation sites is 1. The molecule has 0 aliphatic carbocycles. The number of hydrogen-bond acceptors (Lipinski definition) is 5. The second kappa shape index (κ2) is 9.97. The summed E-state index contributed by atoms with van der Waals surface area (Å²) in [4.78, 5) is 18.8. The molecule has 0 atom stereocenters. The fourth-order valence-corrected chi connectivity index (χ4v) is 7.54. The first-order valence-corrected chi connectivity index (χ1v) is 15.5. The normalized spacial score (nSPS) is 12.0. The molecule has 1 aliphatic rings. The molecule has 5 heteroatoms. The maximum Gasteiger partial charge on any atom is 0.238 e. The van der Waals surface area contributed by atoms with Crippen LogP contribution in [-0.2, 0) is 0 Å². The lowest BCUT2D eigenvalue weighted by molar-refractivity contribution is 1.02. The van der Waals surface area contributed by atoms with Gasteiger partial charge in [-0.25, -0.2) is 4.98 Å². The molecule has 0 spiro atoms. The highest BCUT2D eigenvalue weighted by atomic mass is 32.1. The summed E-state index contributed by atoms with van der Waals surface area (Å²) in [6.07, 6.45) is 0. The van der Waals surface area contributed by atoms with E-state index in [4.69, 9.17) is 15.0 Å². The van der Waals surface area contributed by atoms with Crippen molar-refractivity contribution >= 4 is 49.5 Å². The van der Waals surface area contributed by atoms with Gasteiger partial charge in [-0.2, -0.15) is 9.97 Å². The van der Waals surface area contributed by atoms with E-state index in [0.29, 0.717) is 17.6 Å². The molecule has 0 bridgehead atoms. The first-order chi connectivity index (χ1) is 21.8. The minimum absolute atomic E-state index is 0.584. The molecule has 0 saturated carbocycles. The van der Waals surface area contributed by atoms with Crippen LogP contribution >= 0.6 is 11.3 Å². The van der Waals surface area contributed by atoms with Gasteiger partial charge in [0.15, 0.2) is 11.6 Å². The third-order valence-electron chi connectivity index (χ3n) is 8.27. The predicted octanol–water partition coefficient (Wildman–Crippen LogP) is 10.7. The lowest BCUT2D eigenvalue weighted by Crippen LogP contribution is -2.16. The molecule has 4 nitrogen and oxygen atoms in total. The smallest absolute Gasteiger partial charge is 0.238 e. The molecular formula is C39H24N4S. The van der Waals surface area contributed by atoms with E-state index in [1.165, 1.54) is 36.9 Å². The molecule has 206 valence electrons. The van der Waals surface area contributed by atoms with Gasteiger partial charge in [0.05, 0.1) is 11.4 Å². The summed E-state index contributed by atoms with van der Waals surface area (Å²) >= 11 is 1.85. The standard InChI is InChI=1S/C39H24N4S/c1-3-14-26(15-4-1)37-40-38(27-16-5-2-6-17-27)42-39(41-37)43-31-21-11-9-19-29(31)36-35(30-20-10-12-22-33(30)44-36)34-28-18-8-7-13-25(28)23-24-32(34)43/h1-24H. The Morgan fingerprint density at radius 2 is 1.07 bits per heavy atom. The third kappa shape index (κ3) is 3.87. The molecule has 9 rings (SSSR count). The Labute approximate surface area is 258 Å². The van der Waals surface area contributed by atoms with Crippen LogP contribution in [0.3, 0.4) is 0 Å². The van der Waals surface area contributed by atoms with Crippen LogP contribution in [-0.4, -0.2) is 15.0 Å². The number of aromatic nitrogens is 3. The van der Waals surface area contributed by atoms with Gasteiger partial charge in [-0.05, 0) is 29.0 Å². The van der Waals surface area contributed by atoms with E-state index in [9.17, 15) is 0 Å². The minimum atomic E-state index is 0.584. The van der Waals surface area contributed by atoms with Crippen molar-refractivity contribution < 1.29 is 0 Å². The Hall–Kier alpha value is -5.65. The van der Waals surface area contributed by atoms with Crippen LogP contribution in [0.2, 0.25) is 0 Å². The first kappa shape index (κ1) is 24.9. The third-order valence-corrected chi connectivity index (χ3v) is 9.47. The highest BCUT2D eigenvalue weighted by molar-refractivity contribution is 7.23. The molecule has 0 amide bonds. The van der Waals surface area contributed by atoms with Crippen LogP contribution in [0, 0.1) is 0 Å². The lowest BCUT2D eigenvalue weighted by Gasteiger charge is -2.26. The van der Waals surface area contributed by atoms with Gasteiger partial charge in [-0.15, -0.1) is 11.3 Å². The maximum absolute atomic E-state index is 5.19. The van der Waals surface area contributed by atoms with Gasteiger partial charge in [0, 0.05) is 42.8 Å². The van der Waals surface area contributed by atoms with Crippen LogP contribution in [0.15, 0.2) is 146 Å². The zero-order valence-corrected chi connectivity index (χ0v) is 24.4. The molecule has 1 aliphatic heterocycles. The fraction of sp³-hybridized carbons (Fsp3) is 0. The van der Waals surface area contributed by atoms with Crippen LogP contribution in [0.5, 0.6) is 0 Å². The molecule has 0 fully saturated rings. The zero-order chi connectivity index (χ0) is 29.0. The number of thiophene rings is 1. The Morgan fingerprint density at radius 3 is 1.82 bits per heavy atom. The Kier molecular flexibility index (Phi) is 5.64. The van der Waals surface area contributed by atoms with Gasteiger partial charge >= 0.3 is 0 Å². The van der Waals surface area contributed by atoms with E-state index in [-0.39, 0.29) is 0 Å². The minimum Gasteiger partial charge on any atom is -0.278 e. The van der Waals surface area contributed by atoms with Crippen molar-refractivity contribution in [3.05, 3.63) is 146 Å². The second-order valence-corrected chi connectivity index (χ2v) is 11.9. The van der Waals surface area contributed by atoms with E-state index in [2.05, 4.69) is 114 Å². The second-order valence-electron chi connectivity index (χ2n) is 10.9. The largest absolute Gasteiger partial charge is 0.278 e. The van der Waals surface area contributed by atoms with E-state index in [1.54, 1.807) is 0 Å². The van der Waals surface area contributed by atoms with Crippen molar-refractivity contribution in [2.45, 2.75) is 0 Å². The number of fused-ring (bicyclic) bond motifs is 9. The van der Waals surface area contributed by atoms with Crippen molar-refractivity contribution in [3.63, 3.8) is 0 Å². The number of rotatable bonds is 3. The van der Waals surface area contributed by atoms with Crippen LogP contribution in [0.1, 0.15) is 0 Å². The maximum atomic E-state index is 5.19. The predicted molar refractivity (Wildman–Crippen MR) is 183 cm³/mol. The summed E-state index contributed by atoms with van der Waals surface area (Å²) in [7, 11) is 0. The first-order valence-electron chi connectivity index (χ1n) is 14.6. The van der Waals surface area contributed by atoms with Crippen LogP contribution in [0.4, 0.5) is 17.3 Å². The van der Waals surface area contributed by atoms with Crippen LogP contribution in [0.25, 0.3) is 65.2 Å². The number of hydrogen-bond donors (Lipinski definition) is 0. The number of nitrogens with zero attached hydrogens (tertiary/aromatic N) is 4. The molecule has 0 radical (unpaired) electrons. The van der Waals surface area contributed by atoms with E-state index in [1.807, 2.05) is 47.7 Å². The van der Waals surface area contributed by atoms with Gasteiger partial charge in [0.2, 0.25) is 5.95 Å². The Morgan fingerprint density at radius 1 is 0.455 bits per heavy atom. The van der Waals surface area contributed by atoms with Crippen LogP contribution < -0.4 is 4.90 Å². The van der Waals surface area contributed by atoms with Gasteiger partial charge in [0.1, 0.15) is 0 Å². The summed E-state index contributed by atoms with van der Waals surface area (Å²) < 4.78 is 1.28. The SMILES string of the molecule is c1ccc(-c2nc(-c3ccccc3)nc(N3c4ccccc4-c4sc5ccccc5c4-c4c3ccc3ccccc43)n2)cc1. The molecular weight excluding hydrogens is 557 g/mol. The number of benzene rings is 6. The summed E-state index contributed by atoms with van der Waals surface area (Å²) in [6.45, 7) is 0. The highest BCUT2D eigenvalue weighted by Gasteiger charge is 2.32. The molecule has 44 heavy (non-hydrogen) atoms. The average molecular weight is 581 g/mol. The Bertz CT molecular complexity index is 2290. The van der Waals surface area contributed by atoms with Gasteiger partial charge < -0.3 is 0 Å². The zero-order valence-electron chi connectivity index (χ0n) is 23.6. The molecule has 6 aromatic carbocycles. The van der Waals surface area contributed by atoms with Gasteiger partial charge in [-0.3, -0.25) is 4.90 Å². The van der Waals surface area contributed by atoms with Crippen molar-refractivity contribution in [1.29, 1.82) is 0 Å². The molecule has 2 aromatic heterocycles. The quantitative estimate of drug-likeness (QED) is 0.208. The van der Waals surface area contributed by atoms with E-state index < -0.39 is 0 Å². The monoisotopic (exact) mass is 580 g/mol. The van der Waals surface area contributed by atoms with E-state index >= 15 is 0 Å². The van der Waals surface area contributed by atoms with Crippen molar-refractivity contribution in [3.8, 4) is 44.3 Å². The summed E-state index contributed by atoms with van der Waals surface area (Å²) in [5.41, 5.74) is 7.58. The molecule has 8 aromatic rings. The molecule has 0 unspecified atom stereocenters. The summed E-state index contributed by atoms with van der Waals surface area (Å²) in [5.74, 6) is 1.86. The molecule has 0 N–H and O–H groups in total. The molecule has 3 heterocycles. The Balaban J connectivity index is 1.42. The summed E-state index contributed by atoms with van der Waals surface area (Å²) in [5, 5.41) is 3.66. The van der Waals surface area contributed by atoms with E-state index in [0.717, 1.165) is 28.1 Å². The topological polar surface area (TPSA) is 41.9 Å². The van der Waals surface area contributed by atoms with Gasteiger partial charge in [0.25, 0.3) is 0 Å². The lowest BCUT2D eigenvalue weighted by atomic mass is 9.93. The average Bonchev–Trinajstić information content (AvgIpc) is 3.42. The summed E-state index contributed by atoms with van der Waals surface area (Å²) in [6, 6.07) is 50.8. The fourth-order valence-electron chi connectivity index (χ4n) is 6.30. The highest BCUT2D eigenvalue weighted by Crippen LogP contribution is 2.56. The van der Waals surface area contributed by atoms with Gasteiger partial charge in [-0.1, -0.05) is 127 Å². The van der Waals surface area contributed by atoms with Crippen molar-refractivity contribution in [1.82, 2.24) is 15.0 Å². The number of anilines is 3.